The summed E-state index contributed by atoms with van der Waals surface area (Å²) >= 11 is 1.74. The number of carbonyl (C=O) groups excluding carboxylic acids is 1. The minimum Gasteiger partial charge on any atom is -0.465 e. The molecule has 1 fully saturated rings. The molecular weight excluding hydrogens is 222 g/mol. The van der Waals surface area contributed by atoms with E-state index in [9.17, 15) is 4.79 Å². The van der Waals surface area contributed by atoms with Crippen LogP contribution in [0.4, 0.5) is 0 Å². The first-order valence-corrected chi connectivity index (χ1v) is 7.20. The van der Waals surface area contributed by atoms with Crippen molar-refractivity contribution in [2.45, 2.75) is 31.9 Å². The van der Waals surface area contributed by atoms with Crippen LogP contribution in [0.3, 0.4) is 0 Å². The van der Waals surface area contributed by atoms with Crippen LogP contribution in [-0.2, 0) is 9.53 Å². The molecule has 1 unspecified atom stereocenters. The average Bonchev–Trinajstić information content (AvgIpc) is 2.28. The number of esters is 1. The van der Waals surface area contributed by atoms with Gasteiger partial charge in [0.05, 0.1) is 6.61 Å². The van der Waals surface area contributed by atoms with Crippen LogP contribution in [-0.4, -0.2) is 48.6 Å². The van der Waals surface area contributed by atoms with Crippen molar-refractivity contribution in [1.82, 2.24) is 4.90 Å². The van der Waals surface area contributed by atoms with Crippen molar-refractivity contribution in [3.05, 3.63) is 0 Å². The molecule has 16 heavy (non-hydrogen) atoms. The van der Waals surface area contributed by atoms with Gasteiger partial charge in [0.1, 0.15) is 5.25 Å². The topological polar surface area (TPSA) is 29.5 Å². The molecule has 1 atom stereocenters. The van der Waals surface area contributed by atoms with Gasteiger partial charge in [-0.1, -0.05) is 6.92 Å². The molecule has 0 N–H and O–H groups in total. The highest BCUT2D eigenvalue weighted by Gasteiger charge is 2.31. The van der Waals surface area contributed by atoms with Gasteiger partial charge >= 0.3 is 5.97 Å². The Balaban J connectivity index is 2.51. The SMILES string of the molecule is CCOC(=O)C(SCC)C1CCN(C)CC1. The zero-order valence-electron chi connectivity index (χ0n) is 10.6. The van der Waals surface area contributed by atoms with E-state index in [0.717, 1.165) is 31.7 Å². The third-order valence-corrected chi connectivity index (χ3v) is 4.33. The fourth-order valence-electron chi connectivity index (χ4n) is 2.13. The van der Waals surface area contributed by atoms with E-state index in [0.29, 0.717) is 12.5 Å². The van der Waals surface area contributed by atoms with E-state index >= 15 is 0 Å². The van der Waals surface area contributed by atoms with Crippen LogP contribution < -0.4 is 0 Å². The van der Waals surface area contributed by atoms with Crippen molar-refractivity contribution in [3.63, 3.8) is 0 Å². The Labute approximate surface area is 103 Å². The van der Waals surface area contributed by atoms with Crippen molar-refractivity contribution in [2.75, 3.05) is 32.5 Å². The number of nitrogens with zero attached hydrogens (tertiary/aromatic N) is 1. The molecule has 0 saturated carbocycles. The molecule has 3 nitrogen and oxygen atoms in total. The lowest BCUT2D eigenvalue weighted by Gasteiger charge is -2.32. The van der Waals surface area contributed by atoms with Crippen molar-refractivity contribution in [2.24, 2.45) is 5.92 Å². The smallest absolute Gasteiger partial charge is 0.319 e. The largest absolute Gasteiger partial charge is 0.465 e. The van der Waals surface area contributed by atoms with Crippen molar-refractivity contribution < 1.29 is 9.53 Å². The van der Waals surface area contributed by atoms with Crippen molar-refractivity contribution in [1.29, 1.82) is 0 Å². The molecule has 0 aromatic carbocycles. The minimum atomic E-state index is -0.0103. The Hall–Kier alpha value is -0.220. The number of ether oxygens (including phenoxy) is 1. The van der Waals surface area contributed by atoms with Crippen LogP contribution in [0.2, 0.25) is 0 Å². The lowest BCUT2D eigenvalue weighted by molar-refractivity contribution is -0.143. The summed E-state index contributed by atoms with van der Waals surface area (Å²) in [5.74, 6) is 1.47. The maximum absolute atomic E-state index is 11.9. The molecule has 1 rings (SSSR count). The summed E-state index contributed by atoms with van der Waals surface area (Å²) in [4.78, 5) is 14.2. The molecule has 94 valence electrons. The molecule has 4 heteroatoms. The van der Waals surface area contributed by atoms with Gasteiger partial charge in [0.2, 0.25) is 0 Å². The first-order valence-electron chi connectivity index (χ1n) is 6.15. The quantitative estimate of drug-likeness (QED) is 0.693. The van der Waals surface area contributed by atoms with Gasteiger partial charge in [-0.2, -0.15) is 0 Å². The molecule has 0 spiro atoms. The van der Waals surface area contributed by atoms with Gasteiger partial charge in [0, 0.05) is 0 Å². The zero-order valence-corrected chi connectivity index (χ0v) is 11.4. The maximum Gasteiger partial charge on any atom is 0.319 e. The van der Waals surface area contributed by atoms with Crippen LogP contribution in [0.1, 0.15) is 26.7 Å². The van der Waals surface area contributed by atoms with Crippen molar-refractivity contribution in [3.8, 4) is 0 Å². The summed E-state index contributed by atoms with van der Waals surface area (Å²) in [6.45, 7) is 6.67. The van der Waals surface area contributed by atoms with Gasteiger partial charge in [-0.15, -0.1) is 11.8 Å². The van der Waals surface area contributed by atoms with Crippen LogP contribution in [0.15, 0.2) is 0 Å². The Kier molecular flexibility index (Phi) is 6.21. The summed E-state index contributed by atoms with van der Waals surface area (Å²) in [6.07, 6.45) is 2.24. The predicted octanol–water partition coefficient (Wildman–Crippen LogP) is 2.01. The highest BCUT2D eigenvalue weighted by Crippen LogP contribution is 2.29. The van der Waals surface area contributed by atoms with Gasteiger partial charge in [0.25, 0.3) is 0 Å². The number of thioether (sulfide) groups is 1. The van der Waals surface area contributed by atoms with E-state index in [4.69, 9.17) is 4.74 Å². The van der Waals surface area contributed by atoms with E-state index in [-0.39, 0.29) is 11.2 Å². The van der Waals surface area contributed by atoms with Crippen LogP contribution >= 0.6 is 11.8 Å². The highest BCUT2D eigenvalue weighted by atomic mass is 32.2. The van der Waals surface area contributed by atoms with Gasteiger partial charge in [-0.05, 0) is 51.6 Å². The third kappa shape index (κ3) is 3.98. The molecule has 1 aliphatic rings. The molecule has 1 heterocycles. The van der Waals surface area contributed by atoms with Crippen LogP contribution in [0.5, 0.6) is 0 Å². The normalized spacial score (nSPS) is 20.7. The predicted molar refractivity (Wildman–Crippen MR) is 68.8 cm³/mol. The fraction of sp³-hybridized carbons (Fsp3) is 0.917. The Morgan fingerprint density at radius 3 is 2.56 bits per heavy atom. The molecule has 1 saturated heterocycles. The van der Waals surface area contributed by atoms with E-state index < -0.39 is 0 Å². The second-order valence-corrected chi connectivity index (χ2v) is 5.69. The summed E-state index contributed by atoms with van der Waals surface area (Å²) in [5.41, 5.74) is 0. The number of carbonyl (C=O) groups is 1. The number of piperidine rings is 1. The second kappa shape index (κ2) is 7.17. The number of hydrogen-bond donors (Lipinski definition) is 0. The Morgan fingerprint density at radius 2 is 2.06 bits per heavy atom. The third-order valence-electron chi connectivity index (χ3n) is 3.06. The fourth-order valence-corrected chi connectivity index (χ4v) is 3.24. The lowest BCUT2D eigenvalue weighted by atomic mass is 9.93. The molecule has 1 aliphatic heterocycles. The molecule has 0 bridgehead atoms. The second-order valence-electron chi connectivity index (χ2n) is 4.27. The Morgan fingerprint density at radius 1 is 1.44 bits per heavy atom. The number of hydrogen-bond acceptors (Lipinski definition) is 4. The number of rotatable bonds is 5. The van der Waals surface area contributed by atoms with E-state index in [2.05, 4.69) is 18.9 Å². The maximum atomic E-state index is 11.9. The Bertz CT molecular complexity index is 215. The average molecular weight is 245 g/mol. The first-order chi connectivity index (χ1) is 7.69. The highest BCUT2D eigenvalue weighted by molar-refractivity contribution is 8.00. The van der Waals surface area contributed by atoms with Gasteiger partial charge in [-0.25, -0.2) is 0 Å². The molecule has 0 amide bonds. The lowest BCUT2D eigenvalue weighted by Crippen LogP contribution is -2.38. The van der Waals surface area contributed by atoms with Crippen LogP contribution in [0.25, 0.3) is 0 Å². The van der Waals surface area contributed by atoms with E-state index in [1.807, 2.05) is 6.92 Å². The van der Waals surface area contributed by atoms with Crippen LogP contribution in [0, 0.1) is 5.92 Å². The van der Waals surface area contributed by atoms with Gasteiger partial charge < -0.3 is 9.64 Å². The van der Waals surface area contributed by atoms with Crippen molar-refractivity contribution >= 4 is 17.7 Å². The van der Waals surface area contributed by atoms with Gasteiger partial charge in [0.15, 0.2) is 0 Å². The molecule has 0 aromatic heterocycles. The monoisotopic (exact) mass is 245 g/mol. The zero-order chi connectivity index (χ0) is 12.0. The minimum absolute atomic E-state index is 0.0103. The molecular formula is C12H23NO2S. The van der Waals surface area contributed by atoms with Gasteiger partial charge in [-0.3, -0.25) is 4.79 Å². The standard InChI is InChI=1S/C12H23NO2S/c1-4-15-12(14)11(16-5-2)10-6-8-13(3)9-7-10/h10-11H,4-9H2,1-3H3. The first kappa shape index (κ1) is 13.8. The molecule has 0 aliphatic carbocycles. The molecule has 0 aromatic rings. The summed E-state index contributed by atoms with van der Waals surface area (Å²) in [6, 6.07) is 0. The summed E-state index contributed by atoms with van der Waals surface area (Å²) < 4.78 is 5.16. The molecule has 0 radical (unpaired) electrons. The summed E-state index contributed by atoms with van der Waals surface area (Å²) in [7, 11) is 2.14. The number of likely N-dealkylation sites (tertiary alicyclic amines) is 1. The van der Waals surface area contributed by atoms with E-state index in [1.54, 1.807) is 11.8 Å². The summed E-state index contributed by atoms with van der Waals surface area (Å²) in [5, 5.41) is 0.0543. The van der Waals surface area contributed by atoms with E-state index in [1.165, 1.54) is 0 Å².